The van der Waals surface area contributed by atoms with E-state index in [-0.39, 0.29) is 22.7 Å². The van der Waals surface area contributed by atoms with E-state index in [1.165, 1.54) is 11.1 Å². The Morgan fingerprint density at radius 3 is 2.81 bits per heavy atom. The molecule has 1 spiro atoms. The van der Waals surface area contributed by atoms with Crippen LogP contribution in [0.4, 0.5) is 0 Å². The van der Waals surface area contributed by atoms with Crippen molar-refractivity contribution in [1.29, 1.82) is 0 Å². The summed E-state index contributed by atoms with van der Waals surface area (Å²) in [6.07, 6.45) is 2.73. The quantitative estimate of drug-likeness (QED) is 0.817. The Balaban J connectivity index is 1.83. The predicted octanol–water partition coefficient (Wildman–Crippen LogP) is 3.21. The minimum Gasteiger partial charge on any atom is -0.493 e. The molecule has 0 N–H and O–H groups in total. The van der Waals surface area contributed by atoms with Gasteiger partial charge in [0, 0.05) is 22.4 Å². The van der Waals surface area contributed by atoms with Crippen LogP contribution in [0.2, 0.25) is 0 Å². The van der Waals surface area contributed by atoms with Crippen molar-refractivity contribution < 1.29 is 14.3 Å². The van der Waals surface area contributed by atoms with E-state index in [2.05, 4.69) is 38.8 Å². The third kappa shape index (κ3) is 1.64. The first-order chi connectivity index (χ1) is 12.4. The lowest BCUT2D eigenvalue weighted by Crippen LogP contribution is -2.71. The van der Waals surface area contributed by atoms with Crippen LogP contribution in [0.5, 0.6) is 11.5 Å². The van der Waals surface area contributed by atoms with Crippen molar-refractivity contribution in [1.82, 2.24) is 4.90 Å². The number of methoxy groups -OCH3 is 1. The molecular weight excluding hydrogens is 326 g/mol. The number of nitrogens with zero attached hydrogens (tertiary/aromatic N) is 1. The van der Waals surface area contributed by atoms with Gasteiger partial charge in [0.2, 0.25) is 0 Å². The van der Waals surface area contributed by atoms with Gasteiger partial charge in [0.1, 0.15) is 0 Å². The second-order valence-electron chi connectivity index (χ2n) is 9.30. The lowest BCUT2D eigenvalue weighted by Gasteiger charge is -2.63. The highest BCUT2D eigenvalue weighted by molar-refractivity contribution is 5.94. The van der Waals surface area contributed by atoms with Gasteiger partial charge in [0.05, 0.1) is 7.11 Å². The number of likely N-dealkylation sites (tertiary alicyclic amines) is 1. The van der Waals surface area contributed by atoms with Gasteiger partial charge in [0.15, 0.2) is 23.4 Å². The van der Waals surface area contributed by atoms with E-state index in [4.69, 9.17) is 9.47 Å². The first-order valence-electron chi connectivity index (χ1n) is 9.99. The Hall–Kier alpha value is -1.55. The van der Waals surface area contributed by atoms with E-state index in [9.17, 15) is 4.79 Å². The largest absolute Gasteiger partial charge is 0.493 e. The number of likely N-dealkylation sites (N-methyl/N-ethyl adjacent to an activating group) is 1. The standard InChI is InChI=1S/C22H29NO3/c1-6-13-17-14-11-12-7-8-15(25-5)18-16(12)22(17,9-10-23(14)4)20(26-18)19(24)21(13,2)3/h7-8,13-14,17,20H,6,9-11H2,1-5H3/t13?,14-,17+,20?,22-/m1/s1. The summed E-state index contributed by atoms with van der Waals surface area (Å²) in [4.78, 5) is 16.2. The second-order valence-corrected chi connectivity index (χ2v) is 9.30. The summed E-state index contributed by atoms with van der Waals surface area (Å²) < 4.78 is 12.1. The van der Waals surface area contributed by atoms with Crippen molar-refractivity contribution in [2.45, 2.75) is 57.6 Å². The molecule has 26 heavy (non-hydrogen) atoms. The zero-order chi connectivity index (χ0) is 18.4. The molecule has 2 fully saturated rings. The van der Waals surface area contributed by atoms with Crippen LogP contribution >= 0.6 is 0 Å². The van der Waals surface area contributed by atoms with E-state index in [1.54, 1.807) is 7.11 Å². The van der Waals surface area contributed by atoms with E-state index in [0.29, 0.717) is 17.9 Å². The summed E-state index contributed by atoms with van der Waals surface area (Å²) in [5.41, 5.74) is 2.15. The van der Waals surface area contributed by atoms with Crippen LogP contribution in [0, 0.1) is 17.3 Å². The molecule has 1 saturated carbocycles. The van der Waals surface area contributed by atoms with Gasteiger partial charge in [-0.2, -0.15) is 0 Å². The Kier molecular flexibility index (Phi) is 3.22. The maximum atomic E-state index is 13.6. The molecular formula is C22H29NO3. The second kappa shape index (κ2) is 5.03. The molecule has 1 saturated heterocycles. The summed E-state index contributed by atoms with van der Waals surface area (Å²) in [6, 6.07) is 4.71. The van der Waals surface area contributed by atoms with Crippen molar-refractivity contribution in [3.63, 3.8) is 0 Å². The average Bonchev–Trinajstić information content (AvgIpc) is 2.96. The monoisotopic (exact) mass is 355 g/mol. The fourth-order valence-electron chi connectivity index (χ4n) is 6.98. The van der Waals surface area contributed by atoms with Crippen LogP contribution in [0.1, 0.15) is 44.7 Å². The normalized spacial score (nSPS) is 39.3. The number of hydrogen-bond donors (Lipinski definition) is 0. The molecule has 0 aromatic heterocycles. The Labute approximate surface area is 155 Å². The number of carbonyl (C=O) groups excluding carboxylic acids is 1. The molecule has 2 unspecified atom stereocenters. The number of ether oxygens (including phenoxy) is 2. The Morgan fingerprint density at radius 1 is 1.35 bits per heavy atom. The molecule has 0 radical (unpaired) electrons. The topological polar surface area (TPSA) is 38.8 Å². The summed E-state index contributed by atoms with van der Waals surface area (Å²) in [5.74, 6) is 2.76. The van der Waals surface area contributed by atoms with Gasteiger partial charge < -0.3 is 14.4 Å². The molecule has 0 amide bonds. The van der Waals surface area contributed by atoms with E-state index in [1.807, 2.05) is 6.07 Å². The molecule has 4 aliphatic rings. The maximum absolute atomic E-state index is 13.6. The fraction of sp³-hybridized carbons (Fsp3) is 0.682. The number of hydrogen-bond acceptors (Lipinski definition) is 4. The van der Waals surface area contributed by atoms with Gasteiger partial charge in [-0.25, -0.2) is 0 Å². The zero-order valence-corrected chi connectivity index (χ0v) is 16.5. The van der Waals surface area contributed by atoms with Gasteiger partial charge in [-0.05, 0) is 49.9 Å². The summed E-state index contributed by atoms with van der Waals surface area (Å²) >= 11 is 0. The van der Waals surface area contributed by atoms with Crippen molar-refractivity contribution in [2.75, 3.05) is 20.7 Å². The van der Waals surface area contributed by atoms with Gasteiger partial charge in [-0.3, -0.25) is 4.79 Å². The molecule has 2 aliphatic heterocycles. The van der Waals surface area contributed by atoms with Crippen molar-refractivity contribution in [3.8, 4) is 11.5 Å². The first-order valence-corrected chi connectivity index (χ1v) is 9.99. The van der Waals surface area contributed by atoms with E-state index < -0.39 is 0 Å². The van der Waals surface area contributed by atoms with E-state index in [0.717, 1.165) is 37.3 Å². The predicted molar refractivity (Wildman–Crippen MR) is 99.9 cm³/mol. The smallest absolute Gasteiger partial charge is 0.180 e. The van der Waals surface area contributed by atoms with Crippen LogP contribution in [-0.4, -0.2) is 43.5 Å². The lowest BCUT2D eigenvalue weighted by molar-refractivity contribution is -0.164. The maximum Gasteiger partial charge on any atom is 0.180 e. The molecule has 2 aliphatic carbocycles. The summed E-state index contributed by atoms with van der Waals surface area (Å²) in [6.45, 7) is 7.57. The number of piperidine rings is 1. The number of carbonyl (C=O) groups is 1. The highest BCUT2D eigenvalue weighted by Gasteiger charge is 2.71. The van der Waals surface area contributed by atoms with Crippen LogP contribution in [0.15, 0.2) is 12.1 Å². The third-order valence-electron chi connectivity index (χ3n) is 8.15. The van der Waals surface area contributed by atoms with Crippen LogP contribution < -0.4 is 9.47 Å². The Bertz CT molecular complexity index is 801. The molecule has 5 rings (SSSR count). The van der Waals surface area contributed by atoms with Crippen LogP contribution in [0.25, 0.3) is 0 Å². The first kappa shape index (κ1) is 16.6. The molecule has 2 bridgehead atoms. The molecule has 140 valence electrons. The fourth-order valence-corrected chi connectivity index (χ4v) is 6.98. The Morgan fingerprint density at radius 2 is 2.12 bits per heavy atom. The van der Waals surface area contributed by atoms with Crippen molar-refractivity contribution in [3.05, 3.63) is 23.3 Å². The average molecular weight is 355 g/mol. The number of Topliss-reactive ketones (excluding diaryl/α,β-unsaturated/α-hetero) is 1. The number of benzene rings is 1. The highest BCUT2D eigenvalue weighted by Crippen LogP contribution is 2.67. The molecule has 1 aromatic rings. The summed E-state index contributed by atoms with van der Waals surface area (Å²) in [5, 5.41) is 0. The molecule has 4 heteroatoms. The lowest BCUT2D eigenvalue weighted by atomic mass is 9.43. The van der Waals surface area contributed by atoms with Crippen molar-refractivity contribution in [2.24, 2.45) is 17.3 Å². The van der Waals surface area contributed by atoms with E-state index >= 15 is 0 Å². The minimum atomic E-state index is -0.355. The van der Waals surface area contributed by atoms with Crippen LogP contribution in [0.3, 0.4) is 0 Å². The molecule has 2 heterocycles. The van der Waals surface area contributed by atoms with Gasteiger partial charge >= 0.3 is 0 Å². The third-order valence-corrected chi connectivity index (χ3v) is 8.15. The molecule has 4 nitrogen and oxygen atoms in total. The number of rotatable bonds is 2. The van der Waals surface area contributed by atoms with Gasteiger partial charge in [0.25, 0.3) is 0 Å². The summed E-state index contributed by atoms with van der Waals surface area (Å²) in [7, 11) is 3.95. The van der Waals surface area contributed by atoms with Crippen LogP contribution in [-0.2, 0) is 16.6 Å². The minimum absolute atomic E-state index is 0.165. The highest BCUT2D eigenvalue weighted by atomic mass is 16.5. The molecule has 1 aromatic carbocycles. The van der Waals surface area contributed by atoms with Gasteiger partial charge in [-0.15, -0.1) is 0 Å². The number of ketones is 1. The van der Waals surface area contributed by atoms with Gasteiger partial charge in [-0.1, -0.05) is 33.3 Å². The SMILES string of the molecule is CCC1[C@H]2[C@H]3Cc4ccc(OC)c5c4[C@@]2(CCN3C)C(O5)C(=O)C1(C)C. The van der Waals surface area contributed by atoms with Crippen molar-refractivity contribution >= 4 is 5.78 Å². The zero-order valence-electron chi connectivity index (χ0n) is 16.5. The molecule has 5 atom stereocenters.